The predicted octanol–water partition coefficient (Wildman–Crippen LogP) is 4.01. The molecule has 0 spiro atoms. The molecule has 75 valence electrons. The van der Waals surface area contributed by atoms with Crippen LogP contribution in [0.2, 0.25) is 13.1 Å². The molecule has 0 nitrogen and oxygen atoms in total. The zero-order valence-electron chi connectivity index (χ0n) is 9.77. The Bertz CT molecular complexity index is 155. The Morgan fingerprint density at radius 3 is 2.23 bits per heavy atom. The van der Waals surface area contributed by atoms with Gasteiger partial charge >= 0.3 is 0 Å². The Labute approximate surface area is 84.7 Å². The van der Waals surface area contributed by atoms with Gasteiger partial charge in [0.25, 0.3) is 0 Å². The van der Waals surface area contributed by atoms with E-state index in [2.05, 4.69) is 34.9 Å². The van der Waals surface area contributed by atoms with E-state index in [1.165, 1.54) is 32.0 Å². The Morgan fingerprint density at radius 2 is 1.77 bits per heavy atom. The zero-order valence-corrected chi connectivity index (χ0v) is 9.77. The van der Waals surface area contributed by atoms with Gasteiger partial charge in [-0.3, -0.25) is 0 Å². The first-order valence-electron chi connectivity index (χ1n) is 5.98. The molecule has 1 rings (SSSR count). The van der Waals surface area contributed by atoms with Crippen molar-refractivity contribution in [2.24, 2.45) is 17.3 Å². The van der Waals surface area contributed by atoms with Crippen molar-refractivity contribution in [1.29, 1.82) is 0 Å². The minimum absolute atomic E-state index is 0.707. The third-order valence-electron chi connectivity index (χ3n) is 4.20. The van der Waals surface area contributed by atoms with E-state index >= 15 is 0 Å². The van der Waals surface area contributed by atoms with Gasteiger partial charge in [-0.2, -0.15) is 0 Å². The third-order valence-corrected chi connectivity index (χ3v) is 4.20. The Balaban J connectivity index is 2.37. The van der Waals surface area contributed by atoms with Gasteiger partial charge in [-0.15, -0.1) is 0 Å². The monoisotopic (exact) mass is 179 g/mol. The van der Waals surface area contributed by atoms with Crippen LogP contribution in [0, 0.1) is 17.3 Å². The van der Waals surface area contributed by atoms with E-state index in [1.807, 2.05) is 0 Å². The highest BCUT2D eigenvalue weighted by atomic mass is 14.6. The van der Waals surface area contributed by atoms with Crippen molar-refractivity contribution in [2.75, 3.05) is 0 Å². The summed E-state index contributed by atoms with van der Waals surface area (Å²) < 4.78 is 0. The molecular weight excluding hydrogens is 155 g/mol. The van der Waals surface area contributed by atoms with Crippen molar-refractivity contribution in [3.63, 3.8) is 0 Å². The molecule has 0 amide bonds. The van der Waals surface area contributed by atoms with Crippen molar-refractivity contribution in [2.45, 2.75) is 59.6 Å². The van der Waals surface area contributed by atoms with Gasteiger partial charge in [0.2, 0.25) is 0 Å². The number of rotatable bonds is 6. The molecule has 1 saturated carbocycles. The van der Waals surface area contributed by atoms with Crippen LogP contribution in [0.25, 0.3) is 0 Å². The molecule has 1 fully saturated rings. The lowest BCUT2D eigenvalue weighted by atomic mass is 9.75. The Morgan fingerprint density at radius 1 is 1.15 bits per heavy atom. The molecule has 0 saturated heterocycles. The summed E-state index contributed by atoms with van der Waals surface area (Å²) in [5, 5.41) is 0. The second-order valence-electron chi connectivity index (χ2n) is 4.85. The maximum absolute atomic E-state index is 2.49. The van der Waals surface area contributed by atoms with Crippen molar-refractivity contribution in [1.82, 2.24) is 0 Å². The van der Waals surface area contributed by atoms with E-state index in [4.69, 9.17) is 0 Å². The fourth-order valence-corrected chi connectivity index (χ4v) is 3.01. The SMILES string of the molecule is C[B]CCC1C(CCC)C1(C)CC. The molecule has 0 N–H and O–H groups in total. The lowest BCUT2D eigenvalue weighted by Gasteiger charge is -2.06. The van der Waals surface area contributed by atoms with Gasteiger partial charge < -0.3 is 0 Å². The molecule has 0 aromatic heterocycles. The van der Waals surface area contributed by atoms with E-state index in [9.17, 15) is 0 Å². The van der Waals surface area contributed by atoms with Crippen LogP contribution < -0.4 is 0 Å². The summed E-state index contributed by atoms with van der Waals surface area (Å²) in [4.78, 5) is 0. The largest absolute Gasteiger partial charge is 0.105 e. The maximum Gasteiger partial charge on any atom is 0.105 e. The van der Waals surface area contributed by atoms with Crippen molar-refractivity contribution in [3.8, 4) is 0 Å². The van der Waals surface area contributed by atoms with E-state index in [0.29, 0.717) is 5.41 Å². The van der Waals surface area contributed by atoms with Gasteiger partial charge in [-0.05, 0) is 23.7 Å². The molecule has 3 atom stereocenters. The summed E-state index contributed by atoms with van der Waals surface area (Å²) in [7, 11) is 2.32. The van der Waals surface area contributed by atoms with E-state index in [1.54, 1.807) is 0 Å². The van der Waals surface area contributed by atoms with Crippen molar-refractivity contribution < 1.29 is 0 Å². The minimum atomic E-state index is 0.707. The van der Waals surface area contributed by atoms with Gasteiger partial charge in [0.15, 0.2) is 0 Å². The fourth-order valence-electron chi connectivity index (χ4n) is 3.01. The highest BCUT2D eigenvalue weighted by molar-refractivity contribution is 6.33. The topological polar surface area (TPSA) is 0 Å². The number of hydrogen-bond donors (Lipinski definition) is 0. The summed E-state index contributed by atoms with van der Waals surface area (Å²) in [6.45, 7) is 9.35. The van der Waals surface area contributed by atoms with E-state index in [0.717, 1.165) is 11.8 Å². The summed E-state index contributed by atoms with van der Waals surface area (Å²) >= 11 is 0. The van der Waals surface area contributed by atoms with Crippen molar-refractivity contribution >= 4 is 7.28 Å². The second kappa shape index (κ2) is 4.53. The molecule has 13 heavy (non-hydrogen) atoms. The third kappa shape index (κ3) is 2.11. The van der Waals surface area contributed by atoms with E-state index in [-0.39, 0.29) is 0 Å². The fraction of sp³-hybridized carbons (Fsp3) is 1.00. The van der Waals surface area contributed by atoms with Crippen LogP contribution >= 0.6 is 0 Å². The number of hydrogen-bond acceptors (Lipinski definition) is 0. The molecule has 1 heteroatoms. The standard InChI is InChI=1S/C12H24B/c1-5-7-10-11(8-9-13-4)12(10,3)6-2/h10-11H,5-9H2,1-4H3. The van der Waals surface area contributed by atoms with E-state index < -0.39 is 0 Å². The van der Waals surface area contributed by atoms with Gasteiger partial charge in [0, 0.05) is 0 Å². The maximum atomic E-state index is 2.49. The lowest BCUT2D eigenvalue weighted by molar-refractivity contribution is 0.447. The average molecular weight is 179 g/mol. The Kier molecular flexibility index (Phi) is 3.88. The molecule has 1 aliphatic carbocycles. The molecule has 1 aliphatic rings. The van der Waals surface area contributed by atoms with Gasteiger partial charge in [-0.1, -0.05) is 53.2 Å². The molecule has 0 aliphatic heterocycles. The average Bonchev–Trinajstić information content (AvgIpc) is 2.70. The normalized spacial score (nSPS) is 37.5. The first-order chi connectivity index (χ1) is 6.20. The van der Waals surface area contributed by atoms with Gasteiger partial charge in [-0.25, -0.2) is 0 Å². The molecular formula is C12H24B. The second-order valence-corrected chi connectivity index (χ2v) is 4.85. The summed E-state index contributed by atoms with van der Waals surface area (Å²) in [5.74, 6) is 2.08. The van der Waals surface area contributed by atoms with Gasteiger partial charge in [0.05, 0.1) is 0 Å². The first kappa shape index (κ1) is 11.1. The van der Waals surface area contributed by atoms with Crippen LogP contribution in [-0.4, -0.2) is 7.28 Å². The summed E-state index contributed by atoms with van der Waals surface area (Å²) in [6, 6.07) is 0. The highest BCUT2D eigenvalue weighted by Crippen LogP contribution is 2.64. The van der Waals surface area contributed by atoms with Crippen LogP contribution in [0.5, 0.6) is 0 Å². The Hall–Kier alpha value is 0.0649. The quantitative estimate of drug-likeness (QED) is 0.540. The highest BCUT2D eigenvalue weighted by Gasteiger charge is 2.57. The smallest absolute Gasteiger partial charge is 0.0920 e. The first-order valence-corrected chi connectivity index (χ1v) is 5.98. The molecule has 0 aromatic rings. The van der Waals surface area contributed by atoms with Crippen LogP contribution in [0.1, 0.15) is 46.5 Å². The molecule has 0 bridgehead atoms. The zero-order chi connectivity index (χ0) is 9.90. The molecule has 0 heterocycles. The summed E-state index contributed by atoms with van der Waals surface area (Å²) in [6.07, 6.45) is 6.96. The van der Waals surface area contributed by atoms with Crippen LogP contribution in [0.4, 0.5) is 0 Å². The van der Waals surface area contributed by atoms with Crippen molar-refractivity contribution in [3.05, 3.63) is 0 Å². The van der Waals surface area contributed by atoms with Crippen LogP contribution in [0.15, 0.2) is 0 Å². The van der Waals surface area contributed by atoms with Gasteiger partial charge in [0.1, 0.15) is 7.28 Å². The predicted molar refractivity (Wildman–Crippen MR) is 61.3 cm³/mol. The molecule has 1 radical (unpaired) electrons. The molecule has 3 unspecified atom stereocenters. The molecule has 0 aromatic carbocycles. The lowest BCUT2D eigenvalue weighted by Crippen LogP contribution is -1.97. The van der Waals surface area contributed by atoms with Crippen LogP contribution in [0.3, 0.4) is 0 Å². The summed E-state index contributed by atoms with van der Waals surface area (Å²) in [5.41, 5.74) is 0.707. The minimum Gasteiger partial charge on any atom is -0.0920 e. The van der Waals surface area contributed by atoms with Crippen LogP contribution in [-0.2, 0) is 0 Å².